The zero-order chi connectivity index (χ0) is 20.5. The predicted octanol–water partition coefficient (Wildman–Crippen LogP) is 3.01. The van der Waals surface area contributed by atoms with Gasteiger partial charge in [-0.3, -0.25) is 9.59 Å². The molecule has 2 rings (SSSR count). The fourth-order valence-corrected chi connectivity index (χ4v) is 2.40. The molecular formula is C20H19ClN2O5. The minimum Gasteiger partial charge on any atom is -0.495 e. The van der Waals surface area contributed by atoms with Crippen molar-refractivity contribution in [2.24, 2.45) is 0 Å². The number of amides is 2. The number of halogens is 1. The lowest BCUT2D eigenvalue weighted by Crippen LogP contribution is -2.29. The number of nitrogens with one attached hydrogen (secondary N) is 2. The van der Waals surface area contributed by atoms with Crippen LogP contribution in [0.1, 0.15) is 12.5 Å². The number of anilines is 1. The van der Waals surface area contributed by atoms with Crippen LogP contribution in [0.15, 0.2) is 54.2 Å². The molecule has 0 atom stereocenters. The number of carbonyl (C=O) groups excluding carboxylic acids is 3. The monoisotopic (exact) mass is 402 g/mol. The van der Waals surface area contributed by atoms with E-state index in [1.807, 2.05) is 6.07 Å². The topological polar surface area (TPSA) is 93.7 Å². The number of benzene rings is 2. The van der Waals surface area contributed by atoms with E-state index in [0.717, 1.165) is 0 Å². The normalized spacial score (nSPS) is 10.8. The Hall–Kier alpha value is -3.32. The second-order valence-electron chi connectivity index (χ2n) is 5.62. The highest BCUT2D eigenvalue weighted by molar-refractivity contribution is 6.31. The van der Waals surface area contributed by atoms with Gasteiger partial charge in [0, 0.05) is 11.9 Å². The van der Waals surface area contributed by atoms with Crippen LogP contribution < -0.4 is 15.4 Å². The highest BCUT2D eigenvalue weighted by atomic mass is 35.5. The van der Waals surface area contributed by atoms with E-state index >= 15 is 0 Å². The summed E-state index contributed by atoms with van der Waals surface area (Å²) in [5, 5.41) is 5.37. The van der Waals surface area contributed by atoms with Crippen LogP contribution >= 0.6 is 11.6 Å². The van der Waals surface area contributed by atoms with Gasteiger partial charge in [0.2, 0.25) is 5.91 Å². The van der Waals surface area contributed by atoms with Crippen molar-refractivity contribution in [2.75, 3.05) is 19.0 Å². The molecule has 0 aliphatic carbocycles. The summed E-state index contributed by atoms with van der Waals surface area (Å²) in [5.74, 6) is -1.46. The zero-order valence-electron chi connectivity index (χ0n) is 15.3. The van der Waals surface area contributed by atoms with Crippen LogP contribution in [0.2, 0.25) is 5.02 Å². The maximum Gasteiger partial charge on any atom is 0.355 e. The standard InChI is InChI=1S/C20H19ClN2O5/c1-13(24)22-17(10-14-6-4-3-5-7-14)20(26)28-12-19(25)23-16-11-15(21)8-9-18(16)27-2/h3-11H,12H2,1-2H3,(H,22,24)(H,23,25)/b17-10-. The smallest absolute Gasteiger partial charge is 0.355 e. The third-order valence-electron chi connectivity index (χ3n) is 3.41. The number of methoxy groups -OCH3 is 1. The molecule has 0 saturated heterocycles. The summed E-state index contributed by atoms with van der Waals surface area (Å²) >= 11 is 5.91. The largest absolute Gasteiger partial charge is 0.495 e. The Labute approximate surface area is 167 Å². The van der Waals surface area contributed by atoms with Crippen molar-refractivity contribution in [3.8, 4) is 5.75 Å². The van der Waals surface area contributed by atoms with Crippen molar-refractivity contribution in [1.82, 2.24) is 5.32 Å². The van der Waals surface area contributed by atoms with E-state index in [9.17, 15) is 14.4 Å². The minimum atomic E-state index is -0.840. The molecule has 0 saturated carbocycles. The third kappa shape index (κ3) is 6.44. The predicted molar refractivity (Wildman–Crippen MR) is 106 cm³/mol. The number of hydrogen-bond acceptors (Lipinski definition) is 5. The van der Waals surface area contributed by atoms with Crippen LogP contribution in [0.4, 0.5) is 5.69 Å². The molecule has 8 heteroatoms. The maximum absolute atomic E-state index is 12.3. The van der Waals surface area contributed by atoms with Crippen LogP contribution in [0.5, 0.6) is 5.75 Å². The van der Waals surface area contributed by atoms with Gasteiger partial charge in [-0.05, 0) is 29.8 Å². The quantitative estimate of drug-likeness (QED) is 0.548. The molecule has 146 valence electrons. The third-order valence-corrected chi connectivity index (χ3v) is 3.65. The number of carbonyl (C=O) groups is 3. The summed E-state index contributed by atoms with van der Waals surface area (Å²) in [7, 11) is 1.45. The average molecular weight is 403 g/mol. The van der Waals surface area contributed by atoms with E-state index in [2.05, 4.69) is 10.6 Å². The number of rotatable bonds is 7. The maximum atomic E-state index is 12.3. The summed E-state index contributed by atoms with van der Waals surface area (Å²) in [6, 6.07) is 13.6. The molecule has 0 unspecified atom stereocenters. The van der Waals surface area contributed by atoms with E-state index < -0.39 is 24.4 Å². The fraction of sp³-hybridized carbons (Fsp3) is 0.150. The van der Waals surface area contributed by atoms with Gasteiger partial charge in [-0.1, -0.05) is 41.9 Å². The lowest BCUT2D eigenvalue weighted by atomic mass is 10.2. The molecule has 0 aliphatic rings. The van der Waals surface area contributed by atoms with E-state index in [1.54, 1.807) is 36.4 Å². The Morgan fingerprint density at radius 1 is 1.11 bits per heavy atom. The molecule has 2 N–H and O–H groups in total. The molecule has 0 aromatic heterocycles. The van der Waals surface area contributed by atoms with E-state index in [1.165, 1.54) is 26.2 Å². The van der Waals surface area contributed by atoms with Crippen molar-refractivity contribution >= 4 is 41.1 Å². The summed E-state index contributed by atoms with van der Waals surface area (Å²) in [4.78, 5) is 35.8. The first-order valence-corrected chi connectivity index (χ1v) is 8.61. The average Bonchev–Trinajstić information content (AvgIpc) is 2.66. The number of hydrogen-bond donors (Lipinski definition) is 2. The first-order chi connectivity index (χ1) is 13.4. The van der Waals surface area contributed by atoms with Gasteiger partial charge < -0.3 is 20.1 Å². The molecule has 0 aliphatic heterocycles. The molecule has 2 aromatic rings. The summed E-state index contributed by atoms with van der Waals surface area (Å²) in [6.45, 7) is 0.713. The van der Waals surface area contributed by atoms with Gasteiger partial charge in [-0.25, -0.2) is 4.79 Å². The Morgan fingerprint density at radius 2 is 1.82 bits per heavy atom. The summed E-state index contributed by atoms with van der Waals surface area (Å²) in [5.41, 5.74) is 0.959. The van der Waals surface area contributed by atoms with Crippen molar-refractivity contribution in [3.05, 3.63) is 64.8 Å². The van der Waals surface area contributed by atoms with Crippen LogP contribution in [0.3, 0.4) is 0 Å². The van der Waals surface area contributed by atoms with Crippen molar-refractivity contribution < 1.29 is 23.9 Å². The van der Waals surface area contributed by atoms with Crippen LogP contribution in [-0.2, 0) is 19.1 Å². The van der Waals surface area contributed by atoms with Crippen molar-refractivity contribution in [2.45, 2.75) is 6.92 Å². The van der Waals surface area contributed by atoms with Gasteiger partial charge in [-0.15, -0.1) is 0 Å². The molecular weight excluding hydrogens is 384 g/mol. The van der Waals surface area contributed by atoms with E-state index in [4.69, 9.17) is 21.1 Å². The van der Waals surface area contributed by atoms with Crippen LogP contribution in [0, 0.1) is 0 Å². The van der Waals surface area contributed by atoms with Gasteiger partial charge in [0.1, 0.15) is 11.4 Å². The Bertz CT molecular complexity index is 897. The molecule has 2 aromatic carbocycles. The molecule has 0 fully saturated rings. The first-order valence-electron chi connectivity index (χ1n) is 8.24. The van der Waals surface area contributed by atoms with Gasteiger partial charge in [-0.2, -0.15) is 0 Å². The van der Waals surface area contributed by atoms with Crippen LogP contribution in [-0.4, -0.2) is 31.5 Å². The molecule has 7 nitrogen and oxygen atoms in total. The lowest BCUT2D eigenvalue weighted by molar-refractivity contribution is -0.144. The Morgan fingerprint density at radius 3 is 2.46 bits per heavy atom. The zero-order valence-corrected chi connectivity index (χ0v) is 16.1. The molecule has 0 heterocycles. The SMILES string of the molecule is COc1ccc(Cl)cc1NC(=O)COC(=O)/C(=C/c1ccccc1)NC(C)=O. The Balaban J connectivity index is 2.04. The van der Waals surface area contributed by atoms with E-state index in [0.29, 0.717) is 22.0 Å². The minimum absolute atomic E-state index is 0.0770. The first kappa shape index (κ1) is 21.0. The van der Waals surface area contributed by atoms with Gasteiger partial charge in [0.25, 0.3) is 5.91 Å². The van der Waals surface area contributed by atoms with Crippen LogP contribution in [0.25, 0.3) is 6.08 Å². The summed E-state index contributed by atoms with van der Waals surface area (Å²) in [6.07, 6.45) is 1.46. The van der Waals surface area contributed by atoms with Gasteiger partial charge in [0.15, 0.2) is 6.61 Å². The highest BCUT2D eigenvalue weighted by Gasteiger charge is 2.16. The lowest BCUT2D eigenvalue weighted by Gasteiger charge is -2.12. The molecule has 0 bridgehead atoms. The second kappa shape index (κ2) is 10.1. The van der Waals surface area contributed by atoms with Gasteiger partial charge >= 0.3 is 5.97 Å². The molecule has 0 spiro atoms. The fourth-order valence-electron chi connectivity index (χ4n) is 2.22. The second-order valence-corrected chi connectivity index (χ2v) is 6.06. The molecule has 0 radical (unpaired) electrons. The molecule has 2 amide bonds. The Kier molecular flexibility index (Phi) is 7.59. The number of ether oxygens (including phenoxy) is 2. The van der Waals surface area contributed by atoms with Crippen molar-refractivity contribution in [3.63, 3.8) is 0 Å². The van der Waals surface area contributed by atoms with Gasteiger partial charge in [0.05, 0.1) is 12.8 Å². The highest BCUT2D eigenvalue weighted by Crippen LogP contribution is 2.27. The molecule has 28 heavy (non-hydrogen) atoms. The van der Waals surface area contributed by atoms with E-state index in [-0.39, 0.29) is 5.70 Å². The summed E-state index contributed by atoms with van der Waals surface area (Å²) < 4.78 is 10.1. The van der Waals surface area contributed by atoms with Crippen molar-refractivity contribution in [1.29, 1.82) is 0 Å². The number of esters is 1.